The maximum absolute atomic E-state index is 12.9. The van der Waals surface area contributed by atoms with Crippen molar-refractivity contribution in [1.29, 1.82) is 0 Å². The van der Waals surface area contributed by atoms with Crippen LogP contribution in [0, 0.1) is 17.7 Å². The van der Waals surface area contributed by atoms with E-state index in [0.29, 0.717) is 25.4 Å². The van der Waals surface area contributed by atoms with Gasteiger partial charge in [0.15, 0.2) is 0 Å². The summed E-state index contributed by atoms with van der Waals surface area (Å²) in [7, 11) is 0. The number of likely N-dealkylation sites (tertiary alicyclic amines) is 2. The molecule has 0 aromatic heterocycles. The lowest BCUT2D eigenvalue weighted by Gasteiger charge is -2.35. The summed E-state index contributed by atoms with van der Waals surface area (Å²) in [5, 5.41) is 0. The van der Waals surface area contributed by atoms with Crippen LogP contribution < -0.4 is 10.5 Å². The van der Waals surface area contributed by atoms with Gasteiger partial charge in [-0.25, -0.2) is 4.39 Å². The van der Waals surface area contributed by atoms with Gasteiger partial charge in [-0.3, -0.25) is 14.5 Å². The number of benzene rings is 1. The van der Waals surface area contributed by atoms with Gasteiger partial charge in [0.1, 0.15) is 11.6 Å². The molecular formula is C20H28FN3O3. The molecule has 0 radical (unpaired) electrons. The van der Waals surface area contributed by atoms with E-state index in [2.05, 4.69) is 4.90 Å². The van der Waals surface area contributed by atoms with Gasteiger partial charge in [0, 0.05) is 24.9 Å². The van der Waals surface area contributed by atoms with Gasteiger partial charge in [-0.1, -0.05) is 0 Å². The molecule has 2 fully saturated rings. The maximum atomic E-state index is 12.9. The van der Waals surface area contributed by atoms with Crippen molar-refractivity contribution in [3.8, 4) is 5.75 Å². The summed E-state index contributed by atoms with van der Waals surface area (Å²) in [4.78, 5) is 27.9. The molecule has 2 N–H and O–H groups in total. The highest BCUT2D eigenvalue weighted by atomic mass is 19.1. The Labute approximate surface area is 159 Å². The molecule has 27 heavy (non-hydrogen) atoms. The van der Waals surface area contributed by atoms with Crippen molar-refractivity contribution in [2.75, 3.05) is 39.3 Å². The monoisotopic (exact) mass is 377 g/mol. The molecule has 0 spiro atoms. The van der Waals surface area contributed by atoms with E-state index in [9.17, 15) is 14.0 Å². The van der Waals surface area contributed by atoms with Gasteiger partial charge in [0.25, 0.3) is 0 Å². The largest absolute Gasteiger partial charge is 0.493 e. The first-order chi connectivity index (χ1) is 13.0. The second kappa shape index (κ2) is 9.17. The van der Waals surface area contributed by atoms with Crippen LogP contribution in [-0.4, -0.2) is 60.9 Å². The minimum atomic E-state index is -0.281. The van der Waals surface area contributed by atoms with Gasteiger partial charge < -0.3 is 15.4 Å². The zero-order chi connectivity index (χ0) is 19.2. The number of nitrogens with zero attached hydrogens (tertiary/aromatic N) is 2. The number of amides is 2. The average molecular weight is 377 g/mol. The molecule has 2 amide bonds. The van der Waals surface area contributed by atoms with E-state index >= 15 is 0 Å². The number of carbonyl (C=O) groups excluding carboxylic acids is 2. The third-order valence-corrected chi connectivity index (χ3v) is 5.52. The van der Waals surface area contributed by atoms with E-state index in [1.807, 2.05) is 4.90 Å². The summed E-state index contributed by atoms with van der Waals surface area (Å²) in [5.41, 5.74) is 5.36. The predicted molar refractivity (Wildman–Crippen MR) is 99.6 cm³/mol. The van der Waals surface area contributed by atoms with Crippen LogP contribution in [0.5, 0.6) is 5.75 Å². The van der Waals surface area contributed by atoms with Crippen LogP contribution in [-0.2, 0) is 9.59 Å². The Bertz CT molecular complexity index is 644. The molecule has 2 aliphatic rings. The number of rotatable bonds is 6. The number of piperidine rings is 2. The molecule has 3 rings (SSSR count). The molecule has 148 valence electrons. The first kappa shape index (κ1) is 19.6. The Morgan fingerprint density at radius 1 is 1.11 bits per heavy atom. The van der Waals surface area contributed by atoms with E-state index in [1.165, 1.54) is 12.1 Å². The number of halogens is 1. The Kier molecular flexibility index (Phi) is 6.66. The van der Waals surface area contributed by atoms with E-state index in [1.54, 1.807) is 12.1 Å². The van der Waals surface area contributed by atoms with E-state index in [4.69, 9.17) is 10.5 Å². The van der Waals surface area contributed by atoms with Crippen molar-refractivity contribution in [2.24, 2.45) is 17.6 Å². The molecule has 2 heterocycles. The van der Waals surface area contributed by atoms with Crippen molar-refractivity contribution in [2.45, 2.75) is 25.7 Å². The van der Waals surface area contributed by atoms with Crippen LogP contribution >= 0.6 is 0 Å². The number of ether oxygens (including phenoxy) is 1. The zero-order valence-electron chi connectivity index (χ0n) is 15.6. The second-order valence-electron chi connectivity index (χ2n) is 7.57. The van der Waals surface area contributed by atoms with Crippen molar-refractivity contribution in [1.82, 2.24) is 9.80 Å². The summed E-state index contributed by atoms with van der Waals surface area (Å²) >= 11 is 0. The SMILES string of the molecule is NC(=O)C1CCN(CC(=O)N2CCC[C@@H](COc3ccc(F)cc3)C2)CC1. The summed E-state index contributed by atoms with van der Waals surface area (Å²) in [5.74, 6) is 0.501. The Morgan fingerprint density at radius 3 is 2.48 bits per heavy atom. The summed E-state index contributed by atoms with van der Waals surface area (Å²) in [6, 6.07) is 6.01. The topological polar surface area (TPSA) is 75.9 Å². The standard InChI is InChI=1S/C20H28FN3O3/c21-17-3-5-18(6-4-17)27-14-15-2-1-9-24(12-15)19(25)13-23-10-7-16(8-11-23)20(22)26/h3-6,15-16H,1-2,7-14H2,(H2,22,26)/t15-/m1/s1. The Morgan fingerprint density at radius 2 is 1.81 bits per heavy atom. The van der Waals surface area contributed by atoms with Crippen LogP contribution in [0.2, 0.25) is 0 Å². The van der Waals surface area contributed by atoms with Gasteiger partial charge in [0.05, 0.1) is 13.2 Å². The number of carbonyl (C=O) groups is 2. The fourth-order valence-corrected chi connectivity index (χ4v) is 3.84. The Hall–Kier alpha value is -2.15. The van der Waals surface area contributed by atoms with E-state index in [0.717, 1.165) is 45.3 Å². The minimum Gasteiger partial charge on any atom is -0.493 e. The molecule has 0 bridgehead atoms. The van der Waals surface area contributed by atoms with Gasteiger partial charge in [-0.05, 0) is 63.0 Å². The quantitative estimate of drug-likeness (QED) is 0.818. The van der Waals surface area contributed by atoms with Crippen LogP contribution in [0.1, 0.15) is 25.7 Å². The van der Waals surface area contributed by atoms with Crippen molar-refractivity contribution in [3.63, 3.8) is 0 Å². The second-order valence-corrected chi connectivity index (χ2v) is 7.57. The van der Waals surface area contributed by atoms with Crippen LogP contribution in [0.3, 0.4) is 0 Å². The minimum absolute atomic E-state index is 0.0562. The lowest BCUT2D eigenvalue weighted by molar-refractivity contribution is -0.135. The first-order valence-electron chi connectivity index (χ1n) is 9.69. The average Bonchev–Trinajstić information content (AvgIpc) is 2.68. The molecule has 6 nitrogen and oxygen atoms in total. The molecule has 2 aliphatic heterocycles. The normalized spacial score (nSPS) is 21.8. The summed E-state index contributed by atoms with van der Waals surface area (Å²) in [6.45, 7) is 3.88. The summed E-state index contributed by atoms with van der Waals surface area (Å²) in [6.07, 6.45) is 3.45. The van der Waals surface area contributed by atoms with Gasteiger partial charge >= 0.3 is 0 Å². The highest BCUT2D eigenvalue weighted by Crippen LogP contribution is 2.21. The van der Waals surface area contributed by atoms with Crippen LogP contribution in [0.25, 0.3) is 0 Å². The van der Waals surface area contributed by atoms with Gasteiger partial charge in [-0.15, -0.1) is 0 Å². The predicted octanol–water partition coefficient (Wildman–Crippen LogP) is 1.64. The number of primary amides is 1. The number of hydrogen-bond donors (Lipinski definition) is 1. The molecule has 1 aromatic rings. The molecule has 2 saturated heterocycles. The molecule has 0 saturated carbocycles. The lowest BCUT2D eigenvalue weighted by Crippen LogP contribution is -2.48. The highest BCUT2D eigenvalue weighted by molar-refractivity contribution is 5.79. The van der Waals surface area contributed by atoms with Gasteiger partial charge in [0.2, 0.25) is 11.8 Å². The molecule has 0 aliphatic carbocycles. The summed E-state index contributed by atoms with van der Waals surface area (Å²) < 4.78 is 18.7. The fraction of sp³-hybridized carbons (Fsp3) is 0.600. The third kappa shape index (κ3) is 5.66. The first-order valence-corrected chi connectivity index (χ1v) is 9.69. The molecular weight excluding hydrogens is 349 g/mol. The highest BCUT2D eigenvalue weighted by Gasteiger charge is 2.28. The fourth-order valence-electron chi connectivity index (χ4n) is 3.84. The maximum Gasteiger partial charge on any atom is 0.236 e. The van der Waals surface area contributed by atoms with Crippen molar-refractivity contribution < 1.29 is 18.7 Å². The van der Waals surface area contributed by atoms with Crippen molar-refractivity contribution >= 4 is 11.8 Å². The van der Waals surface area contributed by atoms with Crippen molar-refractivity contribution in [3.05, 3.63) is 30.1 Å². The van der Waals surface area contributed by atoms with E-state index < -0.39 is 0 Å². The van der Waals surface area contributed by atoms with Crippen LogP contribution in [0.4, 0.5) is 4.39 Å². The lowest BCUT2D eigenvalue weighted by atomic mass is 9.96. The third-order valence-electron chi connectivity index (χ3n) is 5.52. The molecule has 1 atom stereocenters. The smallest absolute Gasteiger partial charge is 0.236 e. The molecule has 0 unspecified atom stereocenters. The van der Waals surface area contributed by atoms with Crippen LogP contribution in [0.15, 0.2) is 24.3 Å². The van der Waals surface area contributed by atoms with Gasteiger partial charge in [-0.2, -0.15) is 0 Å². The number of hydrogen-bond acceptors (Lipinski definition) is 4. The molecule has 7 heteroatoms. The van der Waals surface area contributed by atoms with E-state index in [-0.39, 0.29) is 29.5 Å². The number of nitrogens with two attached hydrogens (primary N) is 1. The Balaban J connectivity index is 1.42. The zero-order valence-corrected chi connectivity index (χ0v) is 15.6. The molecule has 1 aromatic carbocycles.